The van der Waals surface area contributed by atoms with Crippen LogP contribution in [-0.4, -0.2) is 47.1 Å². The van der Waals surface area contributed by atoms with E-state index in [0.717, 1.165) is 32.1 Å². The van der Waals surface area contributed by atoms with Gasteiger partial charge >= 0.3 is 0 Å². The molecule has 0 bridgehead atoms. The standard InChI is InChI=1S/C20H29N3O4S3/c1-15-14-17-10-13-28-20(17)16(2)23(15)12-5-4-11-21-30(26,27)19-8-6-18(7-9-19)22-29(3,24)25/h6-10,13,15-16,21-22H,4-5,11-12,14H2,1-3H3/t15-,16+/m1/s1. The summed E-state index contributed by atoms with van der Waals surface area (Å²) in [5.74, 6) is 0. The predicted octanol–water partition coefficient (Wildman–Crippen LogP) is 3.19. The Morgan fingerprint density at radius 1 is 1.07 bits per heavy atom. The molecule has 2 aromatic rings. The Kier molecular flexibility index (Phi) is 7.24. The van der Waals surface area contributed by atoms with Crippen LogP contribution in [-0.2, 0) is 26.5 Å². The van der Waals surface area contributed by atoms with Gasteiger partial charge in [-0.15, -0.1) is 11.3 Å². The summed E-state index contributed by atoms with van der Waals surface area (Å²) >= 11 is 1.82. The second-order valence-electron chi connectivity index (χ2n) is 7.78. The van der Waals surface area contributed by atoms with Crippen LogP contribution < -0.4 is 9.44 Å². The maximum absolute atomic E-state index is 12.4. The van der Waals surface area contributed by atoms with E-state index in [9.17, 15) is 16.8 Å². The lowest BCUT2D eigenvalue weighted by Gasteiger charge is -2.39. The van der Waals surface area contributed by atoms with Crippen molar-refractivity contribution in [1.82, 2.24) is 9.62 Å². The zero-order valence-corrected chi connectivity index (χ0v) is 19.9. The Morgan fingerprint density at radius 3 is 2.43 bits per heavy atom. The molecule has 0 saturated heterocycles. The lowest BCUT2D eigenvalue weighted by atomic mass is 9.96. The molecule has 0 saturated carbocycles. The Morgan fingerprint density at radius 2 is 1.77 bits per heavy atom. The van der Waals surface area contributed by atoms with E-state index < -0.39 is 20.0 Å². The number of benzene rings is 1. The van der Waals surface area contributed by atoms with E-state index in [4.69, 9.17) is 0 Å². The molecule has 7 nitrogen and oxygen atoms in total. The Labute approximate surface area is 183 Å². The summed E-state index contributed by atoms with van der Waals surface area (Å²) in [5, 5.41) is 2.16. The fourth-order valence-corrected chi connectivity index (χ4v) is 6.54. The molecule has 1 aliphatic rings. The highest BCUT2D eigenvalue weighted by molar-refractivity contribution is 7.92. The van der Waals surface area contributed by atoms with E-state index in [-0.39, 0.29) is 4.90 Å². The van der Waals surface area contributed by atoms with Crippen molar-refractivity contribution in [2.24, 2.45) is 0 Å². The first kappa shape index (κ1) is 23.2. The van der Waals surface area contributed by atoms with Crippen LogP contribution in [0.1, 0.15) is 43.2 Å². The maximum atomic E-state index is 12.4. The van der Waals surface area contributed by atoms with Gasteiger partial charge in [0.2, 0.25) is 20.0 Å². The Bertz CT molecular complexity index is 1060. The molecule has 2 heterocycles. The molecule has 3 rings (SSSR count). The van der Waals surface area contributed by atoms with E-state index in [2.05, 4.69) is 39.6 Å². The molecule has 10 heteroatoms. The number of hydrogen-bond donors (Lipinski definition) is 2. The van der Waals surface area contributed by atoms with Crippen molar-refractivity contribution in [3.8, 4) is 0 Å². The highest BCUT2D eigenvalue weighted by Gasteiger charge is 2.29. The SMILES string of the molecule is C[C@@H]1Cc2ccsc2[C@H](C)N1CCCCNS(=O)(=O)c1ccc(NS(C)(=O)=O)cc1. The molecule has 0 spiro atoms. The van der Waals surface area contributed by atoms with Crippen LogP contribution in [0, 0.1) is 0 Å². The quantitative estimate of drug-likeness (QED) is 0.548. The van der Waals surface area contributed by atoms with Gasteiger partial charge in [0.05, 0.1) is 11.2 Å². The minimum absolute atomic E-state index is 0.116. The first-order valence-electron chi connectivity index (χ1n) is 9.96. The van der Waals surface area contributed by atoms with Crippen molar-refractivity contribution < 1.29 is 16.8 Å². The Balaban J connectivity index is 1.47. The molecular formula is C20H29N3O4S3. The van der Waals surface area contributed by atoms with Crippen LogP contribution in [0.25, 0.3) is 0 Å². The summed E-state index contributed by atoms with van der Waals surface area (Å²) in [6.07, 6.45) is 3.78. The van der Waals surface area contributed by atoms with Crippen LogP contribution >= 0.6 is 11.3 Å². The van der Waals surface area contributed by atoms with Gasteiger partial charge in [-0.3, -0.25) is 9.62 Å². The first-order chi connectivity index (χ1) is 14.1. The highest BCUT2D eigenvalue weighted by Crippen LogP contribution is 2.36. The molecule has 166 valence electrons. The summed E-state index contributed by atoms with van der Waals surface area (Å²) in [6, 6.07) is 8.78. The maximum Gasteiger partial charge on any atom is 0.240 e. The summed E-state index contributed by atoms with van der Waals surface area (Å²) in [5.41, 5.74) is 1.79. The second kappa shape index (κ2) is 9.35. The van der Waals surface area contributed by atoms with Gasteiger partial charge < -0.3 is 0 Å². The fourth-order valence-electron chi connectivity index (χ4n) is 3.89. The number of unbranched alkanes of at least 4 members (excludes halogenated alkanes) is 1. The predicted molar refractivity (Wildman–Crippen MR) is 122 cm³/mol. The number of sulfonamides is 2. The summed E-state index contributed by atoms with van der Waals surface area (Å²) in [4.78, 5) is 4.06. The molecular weight excluding hydrogens is 442 g/mol. The molecule has 0 unspecified atom stereocenters. The second-order valence-corrected chi connectivity index (χ2v) is 12.2. The van der Waals surface area contributed by atoms with Crippen LogP contribution in [0.15, 0.2) is 40.6 Å². The van der Waals surface area contributed by atoms with Crippen LogP contribution in [0.5, 0.6) is 0 Å². The van der Waals surface area contributed by atoms with Crippen molar-refractivity contribution in [3.63, 3.8) is 0 Å². The van der Waals surface area contributed by atoms with Crippen LogP contribution in [0.3, 0.4) is 0 Å². The largest absolute Gasteiger partial charge is 0.293 e. The number of fused-ring (bicyclic) bond motifs is 1. The third-order valence-corrected chi connectivity index (χ3v) is 8.55. The molecule has 0 amide bonds. The highest BCUT2D eigenvalue weighted by atomic mass is 32.2. The zero-order valence-electron chi connectivity index (χ0n) is 17.5. The fraction of sp³-hybridized carbons (Fsp3) is 0.500. The number of nitrogens with zero attached hydrogens (tertiary/aromatic N) is 1. The molecule has 0 aliphatic carbocycles. The number of hydrogen-bond acceptors (Lipinski definition) is 6. The third kappa shape index (κ3) is 5.82. The minimum atomic E-state index is -3.62. The topological polar surface area (TPSA) is 95.6 Å². The van der Waals surface area contributed by atoms with E-state index >= 15 is 0 Å². The molecule has 2 N–H and O–H groups in total. The minimum Gasteiger partial charge on any atom is -0.293 e. The van der Waals surface area contributed by atoms with Crippen molar-refractivity contribution in [1.29, 1.82) is 0 Å². The molecule has 1 aliphatic heterocycles. The van der Waals surface area contributed by atoms with E-state index in [1.54, 1.807) is 0 Å². The summed E-state index contributed by atoms with van der Waals surface area (Å²) in [7, 11) is -7.01. The van der Waals surface area contributed by atoms with E-state index in [0.29, 0.717) is 24.3 Å². The molecule has 0 radical (unpaired) electrons. The van der Waals surface area contributed by atoms with Crippen molar-refractivity contribution in [2.75, 3.05) is 24.1 Å². The molecule has 30 heavy (non-hydrogen) atoms. The smallest absolute Gasteiger partial charge is 0.240 e. The van der Waals surface area contributed by atoms with Gasteiger partial charge in [-0.1, -0.05) is 0 Å². The molecule has 1 aromatic carbocycles. The summed E-state index contributed by atoms with van der Waals surface area (Å²) < 4.78 is 52.3. The van der Waals surface area contributed by atoms with Gasteiger partial charge in [0.1, 0.15) is 0 Å². The lowest BCUT2D eigenvalue weighted by Crippen LogP contribution is -2.41. The van der Waals surface area contributed by atoms with E-state index in [1.807, 2.05) is 11.3 Å². The first-order valence-corrected chi connectivity index (χ1v) is 14.2. The normalized spacial score (nSPS) is 20.1. The van der Waals surface area contributed by atoms with Gasteiger partial charge in [-0.05, 0) is 80.9 Å². The van der Waals surface area contributed by atoms with Gasteiger partial charge in [-0.25, -0.2) is 21.6 Å². The number of nitrogens with one attached hydrogen (secondary N) is 2. The Hall–Kier alpha value is -1.46. The number of rotatable bonds is 9. The average molecular weight is 472 g/mol. The van der Waals surface area contributed by atoms with Crippen LogP contribution in [0.4, 0.5) is 5.69 Å². The monoisotopic (exact) mass is 471 g/mol. The molecule has 2 atom stereocenters. The number of thiophene rings is 1. The van der Waals surface area contributed by atoms with Gasteiger partial charge in [-0.2, -0.15) is 0 Å². The molecule has 1 aromatic heterocycles. The third-order valence-electron chi connectivity index (χ3n) is 5.34. The van der Waals surface area contributed by atoms with Gasteiger partial charge in [0.25, 0.3) is 0 Å². The van der Waals surface area contributed by atoms with Gasteiger partial charge in [0.15, 0.2) is 0 Å². The summed E-state index contributed by atoms with van der Waals surface area (Å²) in [6.45, 7) is 5.80. The van der Waals surface area contributed by atoms with Crippen molar-refractivity contribution in [2.45, 2.75) is 50.1 Å². The van der Waals surface area contributed by atoms with Crippen LogP contribution in [0.2, 0.25) is 0 Å². The molecule has 0 fully saturated rings. The average Bonchev–Trinajstić information content (AvgIpc) is 3.11. The van der Waals surface area contributed by atoms with Crippen molar-refractivity contribution in [3.05, 3.63) is 46.2 Å². The van der Waals surface area contributed by atoms with Crippen molar-refractivity contribution >= 4 is 37.1 Å². The van der Waals surface area contributed by atoms with Gasteiger partial charge in [0, 0.05) is 29.2 Å². The van der Waals surface area contributed by atoms with E-state index in [1.165, 1.54) is 34.7 Å². The zero-order chi connectivity index (χ0) is 21.9. The lowest BCUT2D eigenvalue weighted by molar-refractivity contribution is 0.139. The number of anilines is 1.